The van der Waals surface area contributed by atoms with Crippen LogP contribution >= 0.6 is 0 Å². The fourth-order valence-corrected chi connectivity index (χ4v) is 2.57. The molecule has 2 aromatic heterocycles. The number of carbonyl (C=O) groups excluding carboxylic acids is 1. The number of carbonyl (C=O) groups is 1. The average Bonchev–Trinajstić information content (AvgIpc) is 3.00. The van der Waals surface area contributed by atoms with E-state index in [4.69, 9.17) is 0 Å². The molecule has 0 fully saturated rings. The molecule has 0 spiro atoms. The molecule has 0 aliphatic rings. The summed E-state index contributed by atoms with van der Waals surface area (Å²) >= 11 is 0. The maximum atomic E-state index is 12.4. The molecule has 3 aromatic rings. The predicted octanol–water partition coefficient (Wildman–Crippen LogP) is 1.62. The van der Waals surface area contributed by atoms with Crippen LogP contribution in [0.1, 0.15) is 29.5 Å². The summed E-state index contributed by atoms with van der Waals surface area (Å²) in [6.45, 7) is 3.59. The third-order valence-electron chi connectivity index (χ3n) is 4.01. The van der Waals surface area contributed by atoms with Crippen LogP contribution in [0.4, 0.5) is 0 Å². The minimum atomic E-state index is -0.335. The number of nitrogens with zero attached hydrogens (tertiary/aromatic N) is 4. The van der Waals surface area contributed by atoms with E-state index in [1.165, 1.54) is 0 Å². The molecular formula is C17H19N5O2. The number of amides is 1. The second-order valence-corrected chi connectivity index (χ2v) is 5.54. The van der Waals surface area contributed by atoms with Crippen LogP contribution in [0.25, 0.3) is 16.6 Å². The summed E-state index contributed by atoms with van der Waals surface area (Å²) in [5.74, 6) is -0.335. The van der Waals surface area contributed by atoms with Crippen molar-refractivity contribution >= 4 is 16.8 Å². The van der Waals surface area contributed by atoms with Gasteiger partial charge < -0.3 is 10.4 Å². The minimum absolute atomic E-state index is 0.107. The first-order valence-corrected chi connectivity index (χ1v) is 7.83. The molecule has 0 aliphatic heterocycles. The highest BCUT2D eigenvalue weighted by Gasteiger charge is 2.20. The van der Waals surface area contributed by atoms with Crippen molar-refractivity contribution < 1.29 is 9.90 Å². The number of hydrogen-bond acceptors (Lipinski definition) is 5. The molecule has 1 unspecified atom stereocenters. The van der Waals surface area contributed by atoms with Crippen LogP contribution in [-0.4, -0.2) is 43.6 Å². The lowest BCUT2D eigenvalue weighted by Crippen LogP contribution is -2.37. The van der Waals surface area contributed by atoms with E-state index < -0.39 is 0 Å². The number of hydrogen-bond donors (Lipinski definition) is 2. The first-order chi connectivity index (χ1) is 11.7. The second-order valence-electron chi connectivity index (χ2n) is 5.54. The monoisotopic (exact) mass is 325 g/mol. The van der Waals surface area contributed by atoms with Gasteiger partial charge in [-0.15, -0.1) is 5.10 Å². The molecule has 124 valence electrons. The van der Waals surface area contributed by atoms with Gasteiger partial charge >= 0.3 is 0 Å². The molecule has 7 nitrogen and oxygen atoms in total. The highest BCUT2D eigenvalue weighted by atomic mass is 16.3. The summed E-state index contributed by atoms with van der Waals surface area (Å²) < 4.78 is 1.64. The number of aliphatic hydroxyl groups excluding tert-OH is 1. The zero-order valence-electron chi connectivity index (χ0n) is 13.6. The van der Waals surface area contributed by atoms with Gasteiger partial charge in [-0.25, -0.2) is 4.68 Å². The minimum Gasteiger partial charge on any atom is -0.394 e. The number of aliphatic hydroxyl groups is 1. The summed E-state index contributed by atoms with van der Waals surface area (Å²) in [7, 11) is 0. The fourth-order valence-electron chi connectivity index (χ4n) is 2.57. The number of aromatic nitrogens is 4. The molecule has 0 bridgehead atoms. The second kappa shape index (κ2) is 6.76. The Balaban J connectivity index is 1.99. The van der Waals surface area contributed by atoms with Gasteiger partial charge in [0.25, 0.3) is 5.91 Å². The van der Waals surface area contributed by atoms with Crippen molar-refractivity contribution in [3.05, 3.63) is 47.9 Å². The van der Waals surface area contributed by atoms with Crippen LogP contribution in [0, 0.1) is 6.92 Å². The van der Waals surface area contributed by atoms with E-state index in [9.17, 15) is 9.90 Å². The Morgan fingerprint density at radius 2 is 2.17 bits per heavy atom. The topological polar surface area (TPSA) is 92.9 Å². The van der Waals surface area contributed by atoms with E-state index in [1.54, 1.807) is 17.8 Å². The van der Waals surface area contributed by atoms with Gasteiger partial charge in [0.05, 0.1) is 29.5 Å². The fraction of sp³-hybridized carbons (Fsp3) is 0.294. The van der Waals surface area contributed by atoms with E-state index >= 15 is 0 Å². The largest absolute Gasteiger partial charge is 0.394 e. The van der Waals surface area contributed by atoms with Crippen LogP contribution in [0.3, 0.4) is 0 Å². The predicted molar refractivity (Wildman–Crippen MR) is 90.0 cm³/mol. The first-order valence-electron chi connectivity index (χ1n) is 7.83. The quantitative estimate of drug-likeness (QED) is 0.743. The summed E-state index contributed by atoms with van der Waals surface area (Å²) in [5.41, 5.74) is 2.56. The molecule has 0 saturated heterocycles. The molecule has 0 saturated carbocycles. The molecule has 0 radical (unpaired) electrons. The summed E-state index contributed by atoms with van der Waals surface area (Å²) in [6.07, 6.45) is 2.38. The molecule has 7 heteroatoms. The lowest BCUT2D eigenvalue weighted by molar-refractivity contribution is 0.0909. The molecule has 1 amide bonds. The zero-order valence-corrected chi connectivity index (χ0v) is 13.6. The van der Waals surface area contributed by atoms with E-state index in [0.29, 0.717) is 12.1 Å². The van der Waals surface area contributed by atoms with Crippen LogP contribution < -0.4 is 5.32 Å². The summed E-state index contributed by atoms with van der Waals surface area (Å²) in [5, 5.41) is 21.1. The van der Waals surface area contributed by atoms with E-state index in [0.717, 1.165) is 16.6 Å². The third kappa shape index (κ3) is 2.85. The van der Waals surface area contributed by atoms with Crippen LogP contribution in [0.2, 0.25) is 0 Å². The molecule has 1 aromatic carbocycles. The van der Waals surface area contributed by atoms with Gasteiger partial charge in [0.1, 0.15) is 0 Å². The molecule has 0 aliphatic carbocycles. The van der Waals surface area contributed by atoms with Crippen molar-refractivity contribution in [2.45, 2.75) is 26.3 Å². The number of pyridine rings is 1. The van der Waals surface area contributed by atoms with E-state index in [-0.39, 0.29) is 24.2 Å². The number of fused-ring (bicyclic) bond motifs is 1. The molecule has 2 heterocycles. The highest BCUT2D eigenvalue weighted by molar-refractivity contribution is 5.94. The number of benzene rings is 1. The van der Waals surface area contributed by atoms with Gasteiger partial charge in [-0.3, -0.25) is 9.78 Å². The zero-order chi connectivity index (χ0) is 17.1. The maximum absolute atomic E-state index is 12.4. The standard InChI is InChI=1S/C17H19N5O2/c1-3-12(10-23)19-17(24)16-11(2)22(21-20-16)15-8-4-7-14-13(15)6-5-9-18-14/h4-9,12,23H,3,10H2,1-2H3,(H,19,24). The Labute approximate surface area is 139 Å². The summed E-state index contributed by atoms with van der Waals surface area (Å²) in [6, 6.07) is 9.26. The SMILES string of the molecule is CCC(CO)NC(=O)c1nnn(-c2cccc3ncccc23)c1C. The maximum Gasteiger partial charge on any atom is 0.274 e. The van der Waals surface area contributed by atoms with Crippen molar-refractivity contribution in [3.63, 3.8) is 0 Å². The van der Waals surface area contributed by atoms with Gasteiger partial charge in [-0.05, 0) is 37.6 Å². The lowest BCUT2D eigenvalue weighted by Gasteiger charge is -2.13. The Bertz CT molecular complexity index is 865. The molecule has 3 rings (SSSR count). The Kier molecular flexibility index (Phi) is 4.52. The van der Waals surface area contributed by atoms with Crippen LogP contribution in [0.15, 0.2) is 36.5 Å². The Morgan fingerprint density at radius 3 is 2.92 bits per heavy atom. The van der Waals surface area contributed by atoms with Crippen molar-refractivity contribution in [1.82, 2.24) is 25.3 Å². The van der Waals surface area contributed by atoms with Crippen molar-refractivity contribution in [2.24, 2.45) is 0 Å². The normalized spacial score (nSPS) is 12.3. The number of nitrogens with one attached hydrogen (secondary N) is 1. The Morgan fingerprint density at radius 1 is 1.33 bits per heavy atom. The summed E-state index contributed by atoms with van der Waals surface area (Å²) in [4.78, 5) is 16.7. The first kappa shape index (κ1) is 16.1. The molecule has 2 N–H and O–H groups in total. The van der Waals surface area contributed by atoms with E-state index in [1.807, 2.05) is 37.3 Å². The van der Waals surface area contributed by atoms with Crippen molar-refractivity contribution in [2.75, 3.05) is 6.61 Å². The van der Waals surface area contributed by atoms with Crippen LogP contribution in [-0.2, 0) is 0 Å². The van der Waals surface area contributed by atoms with Crippen molar-refractivity contribution in [3.8, 4) is 5.69 Å². The smallest absolute Gasteiger partial charge is 0.274 e. The highest BCUT2D eigenvalue weighted by Crippen LogP contribution is 2.21. The van der Waals surface area contributed by atoms with Gasteiger partial charge in [0.2, 0.25) is 0 Å². The van der Waals surface area contributed by atoms with Gasteiger partial charge in [0.15, 0.2) is 5.69 Å². The molecule has 1 atom stereocenters. The molecule has 24 heavy (non-hydrogen) atoms. The van der Waals surface area contributed by atoms with Crippen LogP contribution in [0.5, 0.6) is 0 Å². The number of rotatable bonds is 5. The lowest BCUT2D eigenvalue weighted by atomic mass is 10.1. The molecular weight excluding hydrogens is 306 g/mol. The Hall–Kier alpha value is -2.80. The average molecular weight is 325 g/mol. The van der Waals surface area contributed by atoms with Gasteiger partial charge in [-0.1, -0.05) is 18.2 Å². The van der Waals surface area contributed by atoms with E-state index in [2.05, 4.69) is 20.6 Å². The van der Waals surface area contributed by atoms with Crippen molar-refractivity contribution in [1.29, 1.82) is 0 Å². The van der Waals surface area contributed by atoms with Gasteiger partial charge in [0, 0.05) is 11.6 Å². The third-order valence-corrected chi connectivity index (χ3v) is 4.01. The van der Waals surface area contributed by atoms with Gasteiger partial charge in [-0.2, -0.15) is 0 Å².